The van der Waals surface area contributed by atoms with Gasteiger partial charge in [0, 0.05) is 12.5 Å². The lowest BCUT2D eigenvalue weighted by Crippen LogP contribution is -2.45. The van der Waals surface area contributed by atoms with Crippen molar-refractivity contribution in [3.63, 3.8) is 0 Å². The van der Waals surface area contributed by atoms with Gasteiger partial charge >= 0.3 is 5.97 Å². The van der Waals surface area contributed by atoms with E-state index in [-0.39, 0.29) is 17.7 Å². The number of rotatable bonds is 8. The van der Waals surface area contributed by atoms with Gasteiger partial charge in [0.1, 0.15) is 6.04 Å². The third-order valence-corrected chi connectivity index (χ3v) is 2.47. The summed E-state index contributed by atoms with van der Waals surface area (Å²) in [6, 6.07) is -0.786. The van der Waals surface area contributed by atoms with E-state index in [1.54, 1.807) is 6.92 Å². The molecule has 2 unspecified atom stereocenters. The maximum absolute atomic E-state index is 11.7. The predicted molar refractivity (Wildman–Crippen MR) is 66.7 cm³/mol. The normalized spacial score (nSPS) is 14.4. The molecular formula is C12H24N2O3. The Labute approximate surface area is 103 Å². The van der Waals surface area contributed by atoms with E-state index in [0.717, 1.165) is 6.54 Å². The Balaban J connectivity index is 4.25. The summed E-state index contributed by atoms with van der Waals surface area (Å²) in [6.45, 7) is 8.98. The quantitative estimate of drug-likeness (QED) is 0.591. The number of aliphatic carboxylic acids is 1. The summed E-state index contributed by atoms with van der Waals surface area (Å²) in [5.74, 6) is -1.16. The molecule has 0 aliphatic carbocycles. The SMILES string of the molecule is CCNCC(C)C(=O)NC(CC(C)C)C(=O)O. The van der Waals surface area contributed by atoms with Gasteiger partial charge in [-0.25, -0.2) is 4.79 Å². The molecule has 0 bridgehead atoms. The van der Waals surface area contributed by atoms with Gasteiger partial charge in [0.25, 0.3) is 0 Å². The minimum absolute atomic E-state index is 0.209. The molecule has 0 saturated carbocycles. The van der Waals surface area contributed by atoms with Crippen LogP contribution < -0.4 is 10.6 Å². The van der Waals surface area contributed by atoms with E-state index in [2.05, 4.69) is 10.6 Å². The van der Waals surface area contributed by atoms with Crippen LogP contribution in [0.4, 0.5) is 0 Å². The number of nitrogens with one attached hydrogen (secondary N) is 2. The van der Waals surface area contributed by atoms with Gasteiger partial charge in [0.2, 0.25) is 5.91 Å². The van der Waals surface area contributed by atoms with Crippen LogP contribution in [0.2, 0.25) is 0 Å². The van der Waals surface area contributed by atoms with E-state index in [4.69, 9.17) is 5.11 Å². The van der Waals surface area contributed by atoms with Gasteiger partial charge in [-0.15, -0.1) is 0 Å². The van der Waals surface area contributed by atoms with Crippen molar-refractivity contribution in [2.24, 2.45) is 11.8 Å². The highest BCUT2D eigenvalue weighted by Gasteiger charge is 2.23. The number of hydrogen-bond donors (Lipinski definition) is 3. The van der Waals surface area contributed by atoms with Gasteiger partial charge in [-0.1, -0.05) is 27.7 Å². The molecule has 0 aromatic rings. The van der Waals surface area contributed by atoms with Gasteiger partial charge < -0.3 is 15.7 Å². The Morgan fingerprint density at radius 3 is 2.24 bits per heavy atom. The second-order valence-electron chi connectivity index (χ2n) is 4.74. The maximum Gasteiger partial charge on any atom is 0.326 e. The average molecular weight is 244 g/mol. The van der Waals surface area contributed by atoms with Crippen molar-refractivity contribution in [2.45, 2.75) is 40.2 Å². The third kappa shape index (κ3) is 6.94. The van der Waals surface area contributed by atoms with Gasteiger partial charge in [-0.05, 0) is 18.9 Å². The summed E-state index contributed by atoms with van der Waals surface area (Å²) in [5, 5.41) is 14.6. The minimum Gasteiger partial charge on any atom is -0.480 e. The Morgan fingerprint density at radius 1 is 1.24 bits per heavy atom. The van der Waals surface area contributed by atoms with Crippen molar-refractivity contribution >= 4 is 11.9 Å². The summed E-state index contributed by atoms with van der Waals surface area (Å²) in [5.41, 5.74) is 0. The van der Waals surface area contributed by atoms with Crippen molar-refractivity contribution < 1.29 is 14.7 Å². The number of carboxylic acids is 1. The number of carbonyl (C=O) groups excluding carboxylic acids is 1. The van der Waals surface area contributed by atoms with E-state index >= 15 is 0 Å². The first kappa shape index (κ1) is 15.9. The van der Waals surface area contributed by atoms with Crippen LogP contribution in [-0.4, -0.2) is 36.1 Å². The highest BCUT2D eigenvalue weighted by molar-refractivity contribution is 5.84. The van der Waals surface area contributed by atoms with Gasteiger partial charge in [-0.3, -0.25) is 4.79 Å². The highest BCUT2D eigenvalue weighted by atomic mass is 16.4. The first-order valence-corrected chi connectivity index (χ1v) is 6.12. The maximum atomic E-state index is 11.7. The molecule has 100 valence electrons. The summed E-state index contributed by atoms with van der Waals surface area (Å²) in [7, 11) is 0. The van der Waals surface area contributed by atoms with Crippen LogP contribution in [0.25, 0.3) is 0 Å². The zero-order valence-electron chi connectivity index (χ0n) is 11.1. The standard InChI is InChI=1S/C12H24N2O3/c1-5-13-7-9(4)11(15)14-10(12(16)17)6-8(2)3/h8-10,13H,5-7H2,1-4H3,(H,14,15)(H,16,17). The molecule has 5 nitrogen and oxygen atoms in total. The minimum atomic E-state index is -0.970. The number of carboxylic acid groups (broad SMARTS) is 1. The molecule has 0 aliphatic rings. The topological polar surface area (TPSA) is 78.4 Å². The number of amides is 1. The summed E-state index contributed by atoms with van der Waals surface area (Å²) >= 11 is 0. The lowest BCUT2D eigenvalue weighted by atomic mass is 10.0. The second kappa shape index (κ2) is 8.06. The van der Waals surface area contributed by atoms with Crippen LogP contribution in [0.3, 0.4) is 0 Å². The molecule has 0 aromatic heterocycles. The van der Waals surface area contributed by atoms with Crippen LogP contribution in [0.15, 0.2) is 0 Å². The van der Waals surface area contributed by atoms with Crippen LogP contribution in [0.5, 0.6) is 0 Å². The fourth-order valence-corrected chi connectivity index (χ4v) is 1.46. The van der Waals surface area contributed by atoms with Gasteiger partial charge in [0.15, 0.2) is 0 Å². The molecule has 0 rings (SSSR count). The monoisotopic (exact) mass is 244 g/mol. The molecule has 17 heavy (non-hydrogen) atoms. The molecule has 3 N–H and O–H groups in total. The molecule has 0 aliphatic heterocycles. The largest absolute Gasteiger partial charge is 0.480 e. The summed E-state index contributed by atoms with van der Waals surface area (Å²) in [4.78, 5) is 22.7. The van der Waals surface area contributed by atoms with E-state index in [1.165, 1.54) is 0 Å². The Bertz CT molecular complexity index is 254. The van der Waals surface area contributed by atoms with E-state index < -0.39 is 12.0 Å². The molecule has 0 heterocycles. The first-order chi connectivity index (χ1) is 7.88. The number of carbonyl (C=O) groups is 2. The zero-order chi connectivity index (χ0) is 13.4. The molecule has 0 fully saturated rings. The van der Waals surface area contributed by atoms with E-state index in [0.29, 0.717) is 13.0 Å². The average Bonchev–Trinajstić information content (AvgIpc) is 2.23. The third-order valence-electron chi connectivity index (χ3n) is 2.47. The van der Waals surface area contributed by atoms with Crippen molar-refractivity contribution in [2.75, 3.05) is 13.1 Å². The second-order valence-corrected chi connectivity index (χ2v) is 4.74. The summed E-state index contributed by atoms with van der Waals surface area (Å²) in [6.07, 6.45) is 0.453. The predicted octanol–water partition coefficient (Wildman–Crippen LogP) is 0.847. The lowest BCUT2D eigenvalue weighted by molar-refractivity contribution is -0.142. The Morgan fingerprint density at radius 2 is 1.82 bits per heavy atom. The fourth-order valence-electron chi connectivity index (χ4n) is 1.46. The van der Waals surface area contributed by atoms with Crippen molar-refractivity contribution in [1.82, 2.24) is 10.6 Å². The molecule has 2 atom stereocenters. The van der Waals surface area contributed by atoms with Gasteiger partial charge in [-0.2, -0.15) is 0 Å². The van der Waals surface area contributed by atoms with Crippen LogP contribution in [0.1, 0.15) is 34.1 Å². The smallest absolute Gasteiger partial charge is 0.326 e. The molecular weight excluding hydrogens is 220 g/mol. The first-order valence-electron chi connectivity index (χ1n) is 6.12. The van der Waals surface area contributed by atoms with Crippen LogP contribution >= 0.6 is 0 Å². The molecule has 5 heteroatoms. The van der Waals surface area contributed by atoms with Gasteiger partial charge in [0.05, 0.1) is 0 Å². The van der Waals surface area contributed by atoms with E-state index in [1.807, 2.05) is 20.8 Å². The molecule has 0 aromatic carbocycles. The Hall–Kier alpha value is -1.10. The van der Waals surface area contributed by atoms with Crippen molar-refractivity contribution in [3.05, 3.63) is 0 Å². The van der Waals surface area contributed by atoms with Crippen LogP contribution in [0, 0.1) is 11.8 Å². The number of hydrogen-bond acceptors (Lipinski definition) is 3. The molecule has 0 saturated heterocycles. The lowest BCUT2D eigenvalue weighted by Gasteiger charge is -2.19. The summed E-state index contributed by atoms with van der Waals surface area (Å²) < 4.78 is 0. The Kier molecular flexibility index (Phi) is 7.54. The van der Waals surface area contributed by atoms with Crippen molar-refractivity contribution in [3.8, 4) is 0 Å². The molecule has 1 amide bonds. The van der Waals surface area contributed by atoms with E-state index in [9.17, 15) is 9.59 Å². The molecule has 0 radical (unpaired) electrons. The fraction of sp³-hybridized carbons (Fsp3) is 0.833. The highest BCUT2D eigenvalue weighted by Crippen LogP contribution is 2.06. The zero-order valence-corrected chi connectivity index (χ0v) is 11.1. The van der Waals surface area contributed by atoms with Crippen molar-refractivity contribution in [1.29, 1.82) is 0 Å². The van der Waals surface area contributed by atoms with Crippen LogP contribution in [-0.2, 0) is 9.59 Å². The molecule has 0 spiro atoms.